The number of aryl methyl sites for hydroxylation is 2. The number of H-pyrrole nitrogens is 1. The lowest BCUT2D eigenvalue weighted by molar-refractivity contribution is 0.0953. The zero-order chi connectivity index (χ0) is 27.1. The summed E-state index contributed by atoms with van der Waals surface area (Å²) in [4.78, 5) is 12.8. The quantitative estimate of drug-likeness (QED) is 0.226. The fourth-order valence-electron chi connectivity index (χ4n) is 3.75. The molecule has 0 fully saturated rings. The van der Waals surface area contributed by atoms with Crippen LogP contribution in [0.25, 0.3) is 0 Å². The average molecular weight is 531 g/mol. The average Bonchev–Trinajstić information content (AvgIpc) is 3.42. The van der Waals surface area contributed by atoms with Crippen molar-refractivity contribution in [3.8, 4) is 11.8 Å². The molecule has 1 amide bonds. The first-order valence-electron chi connectivity index (χ1n) is 12.0. The Hall–Kier alpha value is -4.42. The fourth-order valence-corrected chi connectivity index (χ4v) is 5.02. The van der Waals surface area contributed by atoms with E-state index in [9.17, 15) is 17.6 Å². The van der Waals surface area contributed by atoms with Gasteiger partial charge in [-0.05, 0) is 91.9 Å². The van der Waals surface area contributed by atoms with Gasteiger partial charge in [-0.2, -0.15) is 5.10 Å². The predicted molar refractivity (Wildman–Crippen MR) is 145 cm³/mol. The molecule has 0 unspecified atom stereocenters. The van der Waals surface area contributed by atoms with Gasteiger partial charge < -0.3 is 5.32 Å². The number of aromatic amines is 1. The van der Waals surface area contributed by atoms with Crippen LogP contribution in [-0.4, -0.2) is 31.1 Å². The van der Waals surface area contributed by atoms with E-state index in [2.05, 4.69) is 32.1 Å². The van der Waals surface area contributed by atoms with Crippen molar-refractivity contribution >= 4 is 21.6 Å². The fraction of sp³-hybridized carbons (Fsp3) is 0.172. The van der Waals surface area contributed by atoms with E-state index in [1.54, 1.807) is 24.5 Å². The molecule has 0 saturated carbocycles. The van der Waals surface area contributed by atoms with Crippen LogP contribution in [0.2, 0.25) is 0 Å². The molecule has 3 aromatic carbocycles. The topological polar surface area (TPSA) is 104 Å². The molecule has 194 valence electrons. The smallest absolute Gasteiger partial charge is 0.263 e. The number of benzene rings is 3. The molecule has 38 heavy (non-hydrogen) atoms. The zero-order valence-electron chi connectivity index (χ0n) is 21.0. The monoisotopic (exact) mass is 530 g/mol. The standard InChI is InChI=1S/C29H27FN4O3S/c1-20-5-3-7-27(21(20)2)34-38(36,37)28-15-12-25(29(35)31-16-4-6-23-18-32-33-19-23)17-24(28)11-8-22-9-13-26(30)14-10-22/h3,5,7,9-10,12-15,17-19,34H,4,6,16H2,1-2H3,(H,31,35)(H,32,33). The van der Waals surface area contributed by atoms with Crippen LogP contribution in [0.15, 0.2) is 78.0 Å². The normalized spacial score (nSPS) is 10.9. The molecule has 0 aliphatic heterocycles. The number of nitrogens with zero attached hydrogens (tertiary/aromatic N) is 1. The van der Waals surface area contributed by atoms with Gasteiger partial charge in [0.25, 0.3) is 15.9 Å². The molecule has 1 heterocycles. The summed E-state index contributed by atoms with van der Waals surface area (Å²) in [6.07, 6.45) is 5.01. The number of carbonyl (C=O) groups is 1. The van der Waals surface area contributed by atoms with Crippen LogP contribution in [0.1, 0.15) is 44.6 Å². The van der Waals surface area contributed by atoms with E-state index in [0.29, 0.717) is 24.2 Å². The molecule has 4 aromatic rings. The number of aromatic nitrogens is 2. The lowest BCUT2D eigenvalue weighted by Crippen LogP contribution is -2.25. The summed E-state index contributed by atoms with van der Waals surface area (Å²) in [7, 11) is -4.04. The number of nitrogens with one attached hydrogen (secondary N) is 3. The van der Waals surface area contributed by atoms with Gasteiger partial charge >= 0.3 is 0 Å². The summed E-state index contributed by atoms with van der Waals surface area (Å²) < 4.78 is 42.8. The second-order valence-corrected chi connectivity index (χ2v) is 10.4. The first kappa shape index (κ1) is 26.6. The number of amides is 1. The van der Waals surface area contributed by atoms with Crippen molar-refractivity contribution < 1.29 is 17.6 Å². The molecule has 7 nitrogen and oxygen atoms in total. The second kappa shape index (κ2) is 11.8. The Morgan fingerprint density at radius 1 is 1.05 bits per heavy atom. The van der Waals surface area contributed by atoms with Crippen molar-refractivity contribution in [1.82, 2.24) is 15.5 Å². The highest BCUT2D eigenvalue weighted by atomic mass is 32.2. The highest BCUT2D eigenvalue weighted by Crippen LogP contribution is 2.24. The Kier molecular flexibility index (Phi) is 8.24. The maximum atomic E-state index is 13.4. The molecule has 0 aliphatic rings. The van der Waals surface area contributed by atoms with Crippen LogP contribution in [-0.2, 0) is 16.4 Å². The Balaban J connectivity index is 1.61. The van der Waals surface area contributed by atoms with Crippen molar-refractivity contribution in [2.24, 2.45) is 0 Å². The first-order valence-corrected chi connectivity index (χ1v) is 13.5. The molecule has 0 bridgehead atoms. The van der Waals surface area contributed by atoms with Gasteiger partial charge in [0.1, 0.15) is 10.7 Å². The summed E-state index contributed by atoms with van der Waals surface area (Å²) in [6, 6.07) is 15.2. The maximum absolute atomic E-state index is 13.4. The lowest BCUT2D eigenvalue weighted by Gasteiger charge is -2.14. The van der Waals surface area contributed by atoms with E-state index < -0.39 is 15.8 Å². The number of carbonyl (C=O) groups excluding carboxylic acids is 1. The van der Waals surface area contributed by atoms with E-state index in [-0.39, 0.29) is 21.9 Å². The molecule has 3 N–H and O–H groups in total. The highest BCUT2D eigenvalue weighted by Gasteiger charge is 2.21. The summed E-state index contributed by atoms with van der Waals surface area (Å²) in [5.41, 5.74) is 4.19. The van der Waals surface area contributed by atoms with Gasteiger partial charge in [0, 0.05) is 29.4 Å². The number of hydrogen-bond acceptors (Lipinski definition) is 4. The van der Waals surface area contributed by atoms with Crippen molar-refractivity contribution in [2.45, 2.75) is 31.6 Å². The minimum absolute atomic E-state index is 0.0653. The molecule has 0 aliphatic carbocycles. The number of rotatable bonds is 8. The summed E-state index contributed by atoms with van der Waals surface area (Å²) in [6.45, 7) is 4.17. The molecule has 0 spiro atoms. The third-order valence-corrected chi connectivity index (χ3v) is 7.47. The van der Waals surface area contributed by atoms with Crippen molar-refractivity contribution in [3.63, 3.8) is 0 Å². The van der Waals surface area contributed by atoms with Gasteiger partial charge in [0.15, 0.2) is 0 Å². The van der Waals surface area contributed by atoms with E-state index >= 15 is 0 Å². The molecule has 1 aromatic heterocycles. The van der Waals surface area contributed by atoms with Crippen molar-refractivity contribution in [2.75, 3.05) is 11.3 Å². The lowest BCUT2D eigenvalue weighted by atomic mass is 10.1. The van der Waals surface area contributed by atoms with Gasteiger partial charge in [0.05, 0.1) is 11.9 Å². The number of hydrogen-bond donors (Lipinski definition) is 3. The van der Waals surface area contributed by atoms with Gasteiger partial charge in [-0.15, -0.1) is 0 Å². The Labute approximate surface area is 221 Å². The number of anilines is 1. The van der Waals surface area contributed by atoms with Crippen molar-refractivity contribution in [1.29, 1.82) is 0 Å². The third-order valence-electron chi connectivity index (χ3n) is 6.05. The van der Waals surface area contributed by atoms with E-state index in [4.69, 9.17) is 0 Å². The van der Waals surface area contributed by atoms with Gasteiger partial charge in [-0.3, -0.25) is 14.6 Å². The zero-order valence-corrected chi connectivity index (χ0v) is 21.8. The Morgan fingerprint density at radius 3 is 2.58 bits per heavy atom. The summed E-state index contributed by atoms with van der Waals surface area (Å²) in [5, 5.41) is 9.51. The molecule has 0 atom stereocenters. The third kappa shape index (κ3) is 6.66. The van der Waals surface area contributed by atoms with Crippen molar-refractivity contribution in [3.05, 3.63) is 112 Å². The van der Waals surface area contributed by atoms with Gasteiger partial charge in [0.2, 0.25) is 0 Å². The maximum Gasteiger partial charge on any atom is 0.263 e. The van der Waals surface area contributed by atoms with E-state index in [1.807, 2.05) is 19.9 Å². The molecule has 0 radical (unpaired) electrons. The number of sulfonamides is 1. The highest BCUT2D eigenvalue weighted by molar-refractivity contribution is 7.92. The van der Waals surface area contributed by atoms with Crippen LogP contribution >= 0.6 is 0 Å². The molecule has 4 rings (SSSR count). The summed E-state index contributed by atoms with van der Waals surface area (Å²) in [5.74, 6) is 5.00. The van der Waals surface area contributed by atoms with Crippen LogP contribution < -0.4 is 10.0 Å². The summed E-state index contributed by atoms with van der Waals surface area (Å²) >= 11 is 0. The van der Waals surface area contributed by atoms with Crippen LogP contribution in [0.3, 0.4) is 0 Å². The molecular formula is C29H27FN4O3S. The van der Waals surface area contributed by atoms with Crippen LogP contribution in [0.4, 0.5) is 10.1 Å². The molecule has 9 heteroatoms. The van der Waals surface area contributed by atoms with E-state index in [1.165, 1.54) is 42.5 Å². The van der Waals surface area contributed by atoms with E-state index in [0.717, 1.165) is 23.1 Å². The second-order valence-electron chi connectivity index (χ2n) is 8.79. The minimum atomic E-state index is -4.04. The number of halogens is 1. The SMILES string of the molecule is Cc1cccc(NS(=O)(=O)c2ccc(C(=O)NCCCc3cn[nH]c3)cc2C#Cc2ccc(F)cc2)c1C. The Bertz CT molecular complexity index is 1600. The largest absolute Gasteiger partial charge is 0.352 e. The van der Waals surface area contributed by atoms with Gasteiger partial charge in [-0.1, -0.05) is 24.0 Å². The van der Waals surface area contributed by atoms with Gasteiger partial charge in [-0.25, -0.2) is 12.8 Å². The first-order chi connectivity index (χ1) is 18.2. The van der Waals surface area contributed by atoms with Crippen LogP contribution in [0.5, 0.6) is 0 Å². The minimum Gasteiger partial charge on any atom is -0.352 e. The Morgan fingerprint density at radius 2 is 1.84 bits per heavy atom. The molecule has 0 saturated heterocycles. The van der Waals surface area contributed by atoms with Crippen LogP contribution in [0, 0.1) is 31.5 Å². The predicted octanol–water partition coefficient (Wildman–Crippen LogP) is 4.73. The molecular weight excluding hydrogens is 503 g/mol.